The first kappa shape index (κ1) is 22.9. The molecule has 0 saturated heterocycles. The summed E-state index contributed by atoms with van der Waals surface area (Å²) in [6, 6.07) is 0. The lowest BCUT2D eigenvalue weighted by Gasteiger charge is -2.23. The molecule has 0 radical (unpaired) electrons. The second-order valence-electron chi connectivity index (χ2n) is 7.72. The topological polar surface area (TPSA) is 71.1 Å². The Labute approximate surface area is 146 Å². The van der Waals surface area contributed by atoms with Crippen LogP contribution in [0.3, 0.4) is 0 Å². The predicted molar refractivity (Wildman–Crippen MR) is 91.7 cm³/mol. The maximum atomic E-state index is 11.7. The first-order valence-corrected chi connectivity index (χ1v) is 8.41. The van der Waals surface area contributed by atoms with Gasteiger partial charge in [-0.3, -0.25) is 9.59 Å². The van der Waals surface area contributed by atoms with Gasteiger partial charge in [0.05, 0.1) is 26.4 Å². The van der Waals surface area contributed by atoms with Gasteiger partial charge in [-0.1, -0.05) is 27.7 Å². The Morgan fingerprint density at radius 2 is 1.00 bits per heavy atom. The first-order chi connectivity index (χ1) is 11.1. The number of unbranched alkanes of at least 4 members (excludes halogenated alkanes) is 1. The lowest BCUT2D eigenvalue weighted by atomic mass is 9.96. The molecule has 0 rings (SSSR count). The third kappa shape index (κ3) is 12.3. The molecule has 0 N–H and O–H groups in total. The first-order valence-electron chi connectivity index (χ1n) is 8.41. The number of methoxy groups -OCH3 is 2. The van der Waals surface area contributed by atoms with Crippen molar-refractivity contribution in [2.45, 2.75) is 53.4 Å². The van der Waals surface area contributed by atoms with Gasteiger partial charge in [0.25, 0.3) is 0 Å². The number of hydrogen-bond acceptors (Lipinski definition) is 6. The minimum atomic E-state index is -0.242. The van der Waals surface area contributed by atoms with Gasteiger partial charge < -0.3 is 18.9 Å². The van der Waals surface area contributed by atoms with Crippen LogP contribution < -0.4 is 0 Å². The van der Waals surface area contributed by atoms with Crippen molar-refractivity contribution in [2.75, 3.05) is 40.6 Å². The van der Waals surface area contributed by atoms with E-state index in [4.69, 9.17) is 18.9 Å². The van der Waals surface area contributed by atoms with Crippen LogP contribution in [0.1, 0.15) is 53.4 Å². The minimum Gasteiger partial charge on any atom is -0.465 e. The molecule has 0 aromatic carbocycles. The van der Waals surface area contributed by atoms with E-state index in [1.165, 1.54) is 0 Å². The molecular formula is C18H34O6. The Hall–Kier alpha value is -1.14. The molecule has 0 aliphatic carbocycles. The van der Waals surface area contributed by atoms with Gasteiger partial charge in [0.1, 0.15) is 0 Å². The Morgan fingerprint density at radius 3 is 1.29 bits per heavy atom. The normalized spacial score (nSPS) is 12.1. The van der Waals surface area contributed by atoms with Gasteiger partial charge >= 0.3 is 11.9 Å². The number of carbonyl (C=O) groups is 2. The molecule has 0 saturated carbocycles. The van der Waals surface area contributed by atoms with Crippen molar-refractivity contribution >= 4 is 11.9 Å². The zero-order chi connectivity index (χ0) is 18.6. The summed E-state index contributed by atoms with van der Waals surface area (Å²) in [5.74, 6) is -0.484. The largest absolute Gasteiger partial charge is 0.465 e. The van der Waals surface area contributed by atoms with Crippen LogP contribution in [-0.2, 0) is 28.5 Å². The third-order valence-corrected chi connectivity index (χ3v) is 3.33. The van der Waals surface area contributed by atoms with Gasteiger partial charge in [-0.2, -0.15) is 0 Å². The molecule has 6 heteroatoms. The average molecular weight is 346 g/mol. The van der Waals surface area contributed by atoms with E-state index in [-0.39, 0.29) is 22.8 Å². The van der Waals surface area contributed by atoms with E-state index < -0.39 is 0 Å². The summed E-state index contributed by atoms with van der Waals surface area (Å²) in [6.07, 6.45) is 1.84. The maximum absolute atomic E-state index is 11.7. The van der Waals surface area contributed by atoms with Gasteiger partial charge in [0.15, 0.2) is 0 Å². The molecule has 0 amide bonds. The highest BCUT2D eigenvalue weighted by Crippen LogP contribution is 2.17. The van der Waals surface area contributed by atoms with Crippen LogP contribution >= 0.6 is 0 Å². The van der Waals surface area contributed by atoms with Crippen molar-refractivity contribution in [2.24, 2.45) is 10.8 Å². The highest BCUT2D eigenvalue weighted by Gasteiger charge is 2.21. The van der Waals surface area contributed by atoms with E-state index in [2.05, 4.69) is 0 Å². The van der Waals surface area contributed by atoms with Gasteiger partial charge in [-0.05, 0) is 12.8 Å². The van der Waals surface area contributed by atoms with Crippen molar-refractivity contribution in [1.29, 1.82) is 0 Å². The van der Waals surface area contributed by atoms with Crippen LogP contribution in [0.25, 0.3) is 0 Å². The fraction of sp³-hybridized carbons (Fsp3) is 0.889. The Bertz CT molecular complexity index is 340. The van der Waals surface area contributed by atoms with E-state index in [9.17, 15) is 9.59 Å². The summed E-state index contributed by atoms with van der Waals surface area (Å²) >= 11 is 0. The summed E-state index contributed by atoms with van der Waals surface area (Å²) in [4.78, 5) is 23.3. The molecule has 0 spiro atoms. The minimum absolute atomic E-state index is 0.191. The molecule has 0 fully saturated rings. The van der Waals surface area contributed by atoms with Crippen LogP contribution in [0.4, 0.5) is 0 Å². The molecule has 0 aromatic rings. The smallest absolute Gasteiger partial charge is 0.305 e. The van der Waals surface area contributed by atoms with Crippen LogP contribution in [0.2, 0.25) is 0 Å². The average Bonchev–Trinajstić information content (AvgIpc) is 2.48. The zero-order valence-electron chi connectivity index (χ0n) is 16.1. The number of ether oxygens (including phenoxy) is 4. The van der Waals surface area contributed by atoms with Crippen molar-refractivity contribution in [3.05, 3.63) is 0 Å². The number of esters is 2. The predicted octanol–water partition coefficient (Wildman–Crippen LogP) is 2.98. The quantitative estimate of drug-likeness (QED) is 0.377. The van der Waals surface area contributed by atoms with Crippen LogP contribution in [-0.4, -0.2) is 52.6 Å². The van der Waals surface area contributed by atoms with E-state index >= 15 is 0 Å². The molecule has 0 aromatic heterocycles. The van der Waals surface area contributed by atoms with Crippen molar-refractivity contribution in [1.82, 2.24) is 0 Å². The van der Waals surface area contributed by atoms with Crippen LogP contribution in [0.5, 0.6) is 0 Å². The van der Waals surface area contributed by atoms with E-state index in [0.29, 0.717) is 52.1 Å². The fourth-order valence-corrected chi connectivity index (χ4v) is 2.10. The highest BCUT2D eigenvalue weighted by molar-refractivity contribution is 5.70. The summed E-state index contributed by atoms with van der Waals surface area (Å²) in [7, 11) is 3.25. The monoisotopic (exact) mass is 346 g/mol. The van der Waals surface area contributed by atoms with Gasteiger partial charge in [-0.15, -0.1) is 0 Å². The number of carbonyl (C=O) groups excluding carboxylic acids is 2. The molecule has 6 nitrogen and oxygen atoms in total. The van der Waals surface area contributed by atoms with E-state index in [1.807, 2.05) is 27.7 Å². The second-order valence-corrected chi connectivity index (χ2v) is 7.72. The van der Waals surface area contributed by atoms with Crippen molar-refractivity contribution in [3.8, 4) is 0 Å². The third-order valence-electron chi connectivity index (χ3n) is 3.33. The van der Waals surface area contributed by atoms with Gasteiger partial charge in [0.2, 0.25) is 0 Å². The molecular weight excluding hydrogens is 312 g/mol. The van der Waals surface area contributed by atoms with Crippen molar-refractivity contribution < 1.29 is 28.5 Å². The van der Waals surface area contributed by atoms with E-state index in [1.54, 1.807) is 14.2 Å². The van der Waals surface area contributed by atoms with Crippen molar-refractivity contribution in [3.63, 3.8) is 0 Å². The SMILES string of the molecule is COCC(C)(C)COC(=O)CCCCC(=O)OCC(C)(C)COC. The Morgan fingerprint density at radius 1 is 0.667 bits per heavy atom. The van der Waals surface area contributed by atoms with Gasteiger partial charge in [-0.25, -0.2) is 0 Å². The molecule has 24 heavy (non-hydrogen) atoms. The maximum Gasteiger partial charge on any atom is 0.305 e. The standard InChI is InChI=1S/C18H34O6/c1-17(2,11-21-5)13-23-15(19)9-7-8-10-16(20)24-14-18(3,4)12-22-6/h7-14H2,1-6H3. The molecule has 0 atom stereocenters. The lowest BCUT2D eigenvalue weighted by Crippen LogP contribution is -2.26. The Balaban J connectivity index is 3.78. The highest BCUT2D eigenvalue weighted by atomic mass is 16.5. The zero-order valence-corrected chi connectivity index (χ0v) is 16.1. The molecule has 0 aliphatic rings. The molecule has 0 aliphatic heterocycles. The van der Waals surface area contributed by atoms with Gasteiger partial charge in [0, 0.05) is 37.9 Å². The number of rotatable bonds is 13. The number of hydrogen-bond donors (Lipinski definition) is 0. The Kier molecular flexibility index (Phi) is 10.9. The fourth-order valence-electron chi connectivity index (χ4n) is 2.10. The van der Waals surface area contributed by atoms with E-state index in [0.717, 1.165) is 0 Å². The summed E-state index contributed by atoms with van der Waals surface area (Å²) in [6.45, 7) is 9.63. The molecule has 0 bridgehead atoms. The summed E-state index contributed by atoms with van der Waals surface area (Å²) < 4.78 is 20.6. The lowest BCUT2D eigenvalue weighted by molar-refractivity contribution is -0.149. The second kappa shape index (κ2) is 11.4. The van der Waals surface area contributed by atoms with Crippen LogP contribution in [0, 0.1) is 10.8 Å². The molecule has 0 unspecified atom stereocenters. The summed E-state index contributed by atoms with van der Waals surface area (Å²) in [5, 5.41) is 0. The van der Waals surface area contributed by atoms with Crippen LogP contribution in [0.15, 0.2) is 0 Å². The molecule has 142 valence electrons. The molecule has 0 heterocycles. The summed E-state index contributed by atoms with van der Waals surface area (Å²) in [5.41, 5.74) is -0.382.